The van der Waals surface area contributed by atoms with E-state index in [9.17, 15) is 0 Å². The average Bonchev–Trinajstić information content (AvgIpc) is 2.91. The molecule has 4 nitrogen and oxygen atoms in total. The van der Waals surface area contributed by atoms with Crippen molar-refractivity contribution in [2.24, 2.45) is 0 Å². The maximum absolute atomic E-state index is 5.61. The van der Waals surface area contributed by atoms with Crippen molar-refractivity contribution in [3.05, 3.63) is 42.5 Å². The highest BCUT2D eigenvalue weighted by Crippen LogP contribution is 2.35. The summed E-state index contributed by atoms with van der Waals surface area (Å²) in [4.78, 5) is 0. The Morgan fingerprint density at radius 2 is 1.79 bits per heavy atom. The van der Waals surface area contributed by atoms with Gasteiger partial charge in [-0.1, -0.05) is 18.2 Å². The fourth-order valence-corrected chi connectivity index (χ4v) is 2.37. The number of hydrogen-bond donors (Lipinski definition) is 1. The first-order valence-electron chi connectivity index (χ1n) is 6.25. The van der Waals surface area contributed by atoms with Crippen molar-refractivity contribution in [3.8, 4) is 22.8 Å². The number of rotatable bonds is 1. The number of nitrogens with zero attached hydrogens (tertiary/aromatic N) is 1. The molecule has 94 valence electrons. The molecule has 0 atom stereocenters. The van der Waals surface area contributed by atoms with E-state index in [0.717, 1.165) is 33.7 Å². The molecule has 0 aliphatic carbocycles. The first kappa shape index (κ1) is 10.4. The summed E-state index contributed by atoms with van der Waals surface area (Å²) >= 11 is 0. The Bertz CT molecular complexity index is 749. The molecule has 1 aliphatic rings. The zero-order valence-electron chi connectivity index (χ0n) is 10.2. The van der Waals surface area contributed by atoms with Crippen LogP contribution in [0.4, 0.5) is 0 Å². The average molecular weight is 252 g/mol. The minimum Gasteiger partial charge on any atom is -0.486 e. The number of para-hydroxylation sites is 1. The molecule has 0 radical (unpaired) electrons. The van der Waals surface area contributed by atoms with Gasteiger partial charge in [-0.15, -0.1) is 0 Å². The Labute approximate surface area is 110 Å². The summed E-state index contributed by atoms with van der Waals surface area (Å²) in [6, 6.07) is 14.0. The molecule has 0 saturated carbocycles. The number of aromatic nitrogens is 2. The van der Waals surface area contributed by atoms with E-state index >= 15 is 0 Å². The Morgan fingerprint density at radius 1 is 0.947 bits per heavy atom. The molecule has 0 unspecified atom stereocenters. The van der Waals surface area contributed by atoms with E-state index in [-0.39, 0.29) is 0 Å². The molecule has 1 aliphatic heterocycles. The van der Waals surface area contributed by atoms with E-state index in [1.807, 2.05) is 36.4 Å². The van der Waals surface area contributed by atoms with Gasteiger partial charge in [0.15, 0.2) is 11.5 Å². The molecular formula is C15H12N2O2. The van der Waals surface area contributed by atoms with Gasteiger partial charge in [0.1, 0.15) is 18.9 Å². The molecule has 0 fully saturated rings. The highest BCUT2D eigenvalue weighted by Gasteiger charge is 2.14. The van der Waals surface area contributed by atoms with Gasteiger partial charge in [-0.05, 0) is 24.3 Å². The van der Waals surface area contributed by atoms with Crippen molar-refractivity contribution in [3.63, 3.8) is 0 Å². The van der Waals surface area contributed by atoms with Crippen LogP contribution in [0.25, 0.3) is 22.2 Å². The van der Waals surface area contributed by atoms with Gasteiger partial charge in [0.25, 0.3) is 0 Å². The Kier molecular flexibility index (Phi) is 2.21. The molecule has 3 aromatic rings. The van der Waals surface area contributed by atoms with Gasteiger partial charge in [-0.25, -0.2) is 0 Å². The number of fused-ring (bicyclic) bond motifs is 2. The molecule has 0 spiro atoms. The number of ether oxygens (including phenoxy) is 2. The zero-order chi connectivity index (χ0) is 12.7. The highest BCUT2D eigenvalue weighted by atomic mass is 16.6. The molecule has 1 aromatic heterocycles. The van der Waals surface area contributed by atoms with Gasteiger partial charge in [0.2, 0.25) is 0 Å². The van der Waals surface area contributed by atoms with Crippen molar-refractivity contribution in [1.82, 2.24) is 10.2 Å². The van der Waals surface area contributed by atoms with E-state index in [4.69, 9.17) is 9.47 Å². The van der Waals surface area contributed by atoms with E-state index < -0.39 is 0 Å². The van der Waals surface area contributed by atoms with Gasteiger partial charge in [-0.3, -0.25) is 5.10 Å². The summed E-state index contributed by atoms with van der Waals surface area (Å²) in [6.07, 6.45) is 0. The molecule has 1 N–H and O–H groups in total. The number of aromatic amines is 1. The predicted octanol–water partition coefficient (Wildman–Crippen LogP) is 3.00. The van der Waals surface area contributed by atoms with E-state index in [2.05, 4.69) is 16.3 Å². The fourth-order valence-electron chi connectivity index (χ4n) is 2.37. The van der Waals surface area contributed by atoms with Crippen molar-refractivity contribution >= 4 is 10.9 Å². The first-order valence-corrected chi connectivity index (χ1v) is 6.25. The fraction of sp³-hybridized carbons (Fsp3) is 0.133. The number of hydrogen-bond acceptors (Lipinski definition) is 3. The van der Waals surface area contributed by atoms with Crippen molar-refractivity contribution in [1.29, 1.82) is 0 Å². The van der Waals surface area contributed by atoms with E-state index in [0.29, 0.717) is 13.2 Å². The van der Waals surface area contributed by atoms with Crippen LogP contribution in [-0.2, 0) is 0 Å². The molecular weight excluding hydrogens is 240 g/mol. The highest BCUT2D eigenvalue weighted by molar-refractivity contribution is 5.93. The van der Waals surface area contributed by atoms with Crippen LogP contribution in [0.1, 0.15) is 0 Å². The van der Waals surface area contributed by atoms with Gasteiger partial charge < -0.3 is 9.47 Å². The van der Waals surface area contributed by atoms with Crippen molar-refractivity contribution in [2.45, 2.75) is 0 Å². The predicted molar refractivity (Wildman–Crippen MR) is 72.5 cm³/mol. The lowest BCUT2D eigenvalue weighted by molar-refractivity contribution is 0.171. The van der Waals surface area contributed by atoms with Gasteiger partial charge in [0, 0.05) is 10.9 Å². The van der Waals surface area contributed by atoms with Crippen LogP contribution in [0, 0.1) is 0 Å². The Balaban J connectivity index is 1.88. The third-order valence-corrected chi connectivity index (χ3v) is 3.29. The number of H-pyrrole nitrogens is 1. The molecule has 19 heavy (non-hydrogen) atoms. The van der Waals surface area contributed by atoms with E-state index in [1.54, 1.807) is 0 Å². The summed E-state index contributed by atoms with van der Waals surface area (Å²) in [5, 5.41) is 8.55. The normalized spacial score (nSPS) is 13.7. The largest absolute Gasteiger partial charge is 0.486 e. The second-order valence-corrected chi connectivity index (χ2v) is 4.48. The number of benzene rings is 2. The quantitative estimate of drug-likeness (QED) is 0.724. The summed E-state index contributed by atoms with van der Waals surface area (Å²) in [6.45, 7) is 1.20. The Hall–Kier alpha value is -2.49. The van der Waals surface area contributed by atoms with Crippen molar-refractivity contribution in [2.75, 3.05) is 13.2 Å². The smallest absolute Gasteiger partial charge is 0.162 e. The van der Waals surface area contributed by atoms with Crippen LogP contribution >= 0.6 is 0 Å². The molecule has 0 saturated heterocycles. The molecule has 2 heterocycles. The summed E-state index contributed by atoms with van der Waals surface area (Å²) in [5.41, 5.74) is 3.00. The topological polar surface area (TPSA) is 47.1 Å². The third kappa shape index (κ3) is 1.64. The molecule has 4 rings (SSSR count). The maximum Gasteiger partial charge on any atom is 0.162 e. The minimum atomic E-state index is 0.595. The van der Waals surface area contributed by atoms with Gasteiger partial charge >= 0.3 is 0 Å². The lowest BCUT2D eigenvalue weighted by Gasteiger charge is -2.18. The number of nitrogens with one attached hydrogen (secondary N) is 1. The second-order valence-electron chi connectivity index (χ2n) is 4.48. The van der Waals surface area contributed by atoms with E-state index in [1.165, 1.54) is 0 Å². The SMILES string of the molecule is c1ccc2c(-c3ccc4c(c3)OCCO4)n[nH]c2c1. The van der Waals surface area contributed by atoms with Gasteiger partial charge in [-0.2, -0.15) is 5.10 Å². The lowest BCUT2D eigenvalue weighted by Crippen LogP contribution is -2.15. The monoisotopic (exact) mass is 252 g/mol. The van der Waals surface area contributed by atoms with Crippen molar-refractivity contribution < 1.29 is 9.47 Å². The Morgan fingerprint density at radius 3 is 2.74 bits per heavy atom. The standard InChI is InChI=1S/C15H12N2O2/c1-2-4-12-11(3-1)15(17-16-12)10-5-6-13-14(9-10)19-8-7-18-13/h1-6,9H,7-8H2,(H,16,17). The molecule has 0 bridgehead atoms. The van der Waals surface area contributed by atoms with Crippen LogP contribution in [0.2, 0.25) is 0 Å². The minimum absolute atomic E-state index is 0.595. The van der Waals surface area contributed by atoms with Crippen LogP contribution in [0.15, 0.2) is 42.5 Å². The first-order chi connectivity index (χ1) is 9.42. The summed E-state index contributed by atoms with van der Waals surface area (Å²) in [5.74, 6) is 1.59. The second kappa shape index (κ2) is 4.02. The molecule has 0 amide bonds. The third-order valence-electron chi connectivity index (χ3n) is 3.29. The van der Waals surface area contributed by atoms with Crippen LogP contribution in [0.3, 0.4) is 0 Å². The van der Waals surface area contributed by atoms with Crippen LogP contribution < -0.4 is 9.47 Å². The molecule has 4 heteroatoms. The van der Waals surface area contributed by atoms with Crippen LogP contribution in [0.5, 0.6) is 11.5 Å². The summed E-state index contributed by atoms with van der Waals surface area (Å²) < 4.78 is 11.1. The maximum atomic E-state index is 5.61. The molecule has 2 aromatic carbocycles. The van der Waals surface area contributed by atoms with Gasteiger partial charge in [0.05, 0.1) is 5.52 Å². The van der Waals surface area contributed by atoms with Crippen LogP contribution in [-0.4, -0.2) is 23.4 Å². The summed E-state index contributed by atoms with van der Waals surface area (Å²) in [7, 11) is 0. The lowest BCUT2D eigenvalue weighted by atomic mass is 10.1. The zero-order valence-corrected chi connectivity index (χ0v) is 10.2.